The van der Waals surface area contributed by atoms with Crippen molar-refractivity contribution < 1.29 is 19.1 Å². The van der Waals surface area contributed by atoms with Gasteiger partial charge in [-0.15, -0.1) is 5.10 Å². The number of para-hydroxylation sites is 1. The van der Waals surface area contributed by atoms with Crippen LogP contribution in [0, 0.1) is 0 Å². The van der Waals surface area contributed by atoms with Gasteiger partial charge in [-0.1, -0.05) is 22.7 Å². The SMILES string of the molecule is CCOC(=O)C1=C(Nc2ccccc2)OC(=Cc2csnn2)C1=O. The van der Waals surface area contributed by atoms with E-state index in [1.807, 2.05) is 18.2 Å². The molecule has 0 saturated carbocycles. The van der Waals surface area contributed by atoms with Crippen LogP contribution in [-0.4, -0.2) is 27.9 Å². The van der Waals surface area contributed by atoms with Crippen LogP contribution in [0.2, 0.25) is 0 Å². The summed E-state index contributed by atoms with van der Waals surface area (Å²) >= 11 is 1.15. The van der Waals surface area contributed by atoms with E-state index in [4.69, 9.17) is 9.47 Å². The standard InChI is InChI=1S/C16H13N3O4S/c1-2-22-16(21)13-14(20)12(8-11-9-24-19-18-11)23-15(13)17-10-6-4-3-5-7-10/h3-9,17H,2H2,1H3. The van der Waals surface area contributed by atoms with E-state index in [2.05, 4.69) is 14.9 Å². The van der Waals surface area contributed by atoms with Gasteiger partial charge in [0.05, 0.1) is 6.61 Å². The van der Waals surface area contributed by atoms with Crippen LogP contribution in [0.3, 0.4) is 0 Å². The lowest BCUT2D eigenvalue weighted by Gasteiger charge is -2.08. The first kappa shape index (κ1) is 15.9. The molecule has 0 amide bonds. The Labute approximate surface area is 141 Å². The zero-order chi connectivity index (χ0) is 16.9. The molecule has 122 valence electrons. The third kappa shape index (κ3) is 3.33. The summed E-state index contributed by atoms with van der Waals surface area (Å²) in [6, 6.07) is 9.07. The molecular formula is C16H13N3O4S. The average molecular weight is 343 g/mol. The molecule has 2 aromatic rings. The molecule has 1 aromatic heterocycles. The van der Waals surface area contributed by atoms with Crippen molar-refractivity contribution in [2.24, 2.45) is 0 Å². The van der Waals surface area contributed by atoms with Gasteiger partial charge in [-0.05, 0) is 30.6 Å². The molecule has 2 heterocycles. The summed E-state index contributed by atoms with van der Waals surface area (Å²) in [4.78, 5) is 24.6. The highest BCUT2D eigenvalue weighted by Crippen LogP contribution is 2.28. The lowest BCUT2D eigenvalue weighted by atomic mass is 10.1. The second kappa shape index (κ2) is 7.05. The molecule has 1 aromatic carbocycles. The molecule has 1 aliphatic rings. The molecule has 24 heavy (non-hydrogen) atoms. The Morgan fingerprint density at radius 2 is 2.17 bits per heavy atom. The average Bonchev–Trinajstić information content (AvgIpc) is 3.18. The van der Waals surface area contributed by atoms with Crippen LogP contribution >= 0.6 is 11.5 Å². The molecule has 0 radical (unpaired) electrons. The third-order valence-corrected chi connectivity index (χ3v) is 3.58. The van der Waals surface area contributed by atoms with E-state index >= 15 is 0 Å². The molecule has 0 saturated heterocycles. The second-order valence-electron chi connectivity index (χ2n) is 4.69. The number of anilines is 1. The highest BCUT2D eigenvalue weighted by Gasteiger charge is 2.37. The van der Waals surface area contributed by atoms with E-state index in [9.17, 15) is 9.59 Å². The Kier molecular flexibility index (Phi) is 4.66. The summed E-state index contributed by atoms with van der Waals surface area (Å²) in [7, 11) is 0. The molecule has 8 heteroatoms. The van der Waals surface area contributed by atoms with Crippen molar-refractivity contribution in [3.63, 3.8) is 0 Å². The predicted octanol–water partition coefficient (Wildman–Crippen LogP) is 2.37. The highest BCUT2D eigenvalue weighted by atomic mass is 32.1. The summed E-state index contributed by atoms with van der Waals surface area (Å²) in [5.74, 6) is -1.26. The second-order valence-corrected chi connectivity index (χ2v) is 5.29. The number of Topliss-reactive ketones (excluding diaryl/α,β-unsaturated/α-hetero) is 1. The molecule has 1 N–H and O–H groups in total. The van der Waals surface area contributed by atoms with Gasteiger partial charge < -0.3 is 14.8 Å². The maximum Gasteiger partial charge on any atom is 0.347 e. The Balaban J connectivity index is 1.93. The van der Waals surface area contributed by atoms with E-state index in [-0.39, 0.29) is 23.8 Å². The number of ether oxygens (including phenoxy) is 2. The van der Waals surface area contributed by atoms with Crippen molar-refractivity contribution in [2.75, 3.05) is 11.9 Å². The Bertz CT molecular complexity index is 813. The number of hydrogen-bond donors (Lipinski definition) is 1. The minimum Gasteiger partial charge on any atom is -0.462 e. The summed E-state index contributed by atoms with van der Waals surface area (Å²) in [5.41, 5.74) is 0.987. The maximum absolute atomic E-state index is 12.5. The van der Waals surface area contributed by atoms with Crippen molar-refractivity contribution in [1.82, 2.24) is 9.59 Å². The first-order valence-electron chi connectivity index (χ1n) is 7.13. The summed E-state index contributed by atoms with van der Waals surface area (Å²) in [5, 5.41) is 8.43. The number of esters is 1. The molecule has 1 aliphatic heterocycles. The predicted molar refractivity (Wildman–Crippen MR) is 87.7 cm³/mol. The summed E-state index contributed by atoms with van der Waals surface area (Å²) in [6.45, 7) is 1.82. The molecule has 3 rings (SSSR count). The Hall–Kier alpha value is -3.00. The van der Waals surface area contributed by atoms with Crippen LogP contribution in [0.5, 0.6) is 0 Å². The van der Waals surface area contributed by atoms with Gasteiger partial charge in [-0.2, -0.15) is 0 Å². The number of aromatic nitrogens is 2. The number of allylic oxidation sites excluding steroid dienone is 1. The number of rotatable bonds is 5. The van der Waals surface area contributed by atoms with Gasteiger partial charge in [-0.3, -0.25) is 4.79 Å². The molecule has 7 nitrogen and oxygen atoms in total. The van der Waals surface area contributed by atoms with Crippen molar-refractivity contribution in [3.8, 4) is 0 Å². The fraction of sp³-hybridized carbons (Fsp3) is 0.125. The first-order chi connectivity index (χ1) is 11.7. The van der Waals surface area contributed by atoms with Gasteiger partial charge in [0.25, 0.3) is 0 Å². The zero-order valence-corrected chi connectivity index (χ0v) is 13.5. The normalized spacial score (nSPS) is 15.5. The van der Waals surface area contributed by atoms with E-state index in [0.717, 1.165) is 11.5 Å². The maximum atomic E-state index is 12.5. The summed E-state index contributed by atoms with van der Waals surface area (Å²) in [6.07, 6.45) is 1.44. The van der Waals surface area contributed by atoms with Crippen LogP contribution in [0.1, 0.15) is 12.6 Å². The van der Waals surface area contributed by atoms with Crippen molar-refractivity contribution in [3.05, 3.63) is 58.6 Å². The Morgan fingerprint density at radius 1 is 1.38 bits per heavy atom. The third-order valence-electron chi connectivity index (χ3n) is 3.06. The number of benzene rings is 1. The number of carbonyl (C=O) groups excluding carboxylic acids is 2. The topological polar surface area (TPSA) is 90.4 Å². The number of nitrogens with zero attached hydrogens (tertiary/aromatic N) is 2. The fourth-order valence-electron chi connectivity index (χ4n) is 2.03. The molecule has 0 aliphatic carbocycles. The van der Waals surface area contributed by atoms with Crippen LogP contribution in [0.4, 0.5) is 5.69 Å². The zero-order valence-electron chi connectivity index (χ0n) is 12.7. The van der Waals surface area contributed by atoms with Crippen molar-refractivity contribution in [1.29, 1.82) is 0 Å². The smallest absolute Gasteiger partial charge is 0.347 e. The minimum atomic E-state index is -0.735. The van der Waals surface area contributed by atoms with E-state index in [1.165, 1.54) is 6.08 Å². The van der Waals surface area contributed by atoms with Crippen molar-refractivity contribution >= 4 is 35.0 Å². The number of ketones is 1. The van der Waals surface area contributed by atoms with Crippen LogP contribution in [0.15, 0.2) is 52.9 Å². The summed E-state index contributed by atoms with van der Waals surface area (Å²) < 4.78 is 14.2. The molecule has 0 unspecified atom stereocenters. The van der Waals surface area contributed by atoms with E-state index in [0.29, 0.717) is 11.4 Å². The molecule has 0 fully saturated rings. The Morgan fingerprint density at radius 3 is 2.83 bits per heavy atom. The lowest BCUT2D eigenvalue weighted by molar-refractivity contribution is -0.139. The quantitative estimate of drug-likeness (QED) is 0.506. The van der Waals surface area contributed by atoms with Gasteiger partial charge in [0.2, 0.25) is 11.7 Å². The molecule has 0 bridgehead atoms. The van der Waals surface area contributed by atoms with Gasteiger partial charge in [0, 0.05) is 17.1 Å². The van der Waals surface area contributed by atoms with Crippen LogP contribution in [-0.2, 0) is 19.1 Å². The van der Waals surface area contributed by atoms with Gasteiger partial charge in [0.15, 0.2) is 11.3 Å². The van der Waals surface area contributed by atoms with Gasteiger partial charge in [0.1, 0.15) is 5.69 Å². The largest absolute Gasteiger partial charge is 0.462 e. The number of hydrogen-bond acceptors (Lipinski definition) is 8. The van der Waals surface area contributed by atoms with Gasteiger partial charge >= 0.3 is 5.97 Å². The lowest BCUT2D eigenvalue weighted by Crippen LogP contribution is -2.16. The fourth-order valence-corrected chi connectivity index (χ4v) is 2.44. The molecular weight excluding hydrogens is 330 g/mol. The van der Waals surface area contributed by atoms with Crippen LogP contribution in [0.25, 0.3) is 6.08 Å². The monoisotopic (exact) mass is 343 g/mol. The van der Waals surface area contributed by atoms with E-state index < -0.39 is 11.8 Å². The molecule has 0 atom stereocenters. The first-order valence-corrected chi connectivity index (χ1v) is 7.97. The highest BCUT2D eigenvalue weighted by molar-refractivity contribution is 7.03. The van der Waals surface area contributed by atoms with Gasteiger partial charge in [-0.25, -0.2) is 4.79 Å². The van der Waals surface area contributed by atoms with Crippen molar-refractivity contribution in [2.45, 2.75) is 6.92 Å². The number of nitrogens with one attached hydrogen (secondary N) is 1. The minimum absolute atomic E-state index is 0.0100. The van der Waals surface area contributed by atoms with E-state index in [1.54, 1.807) is 24.4 Å². The number of carbonyl (C=O) groups is 2. The molecule has 0 spiro atoms. The van der Waals surface area contributed by atoms with Crippen LogP contribution < -0.4 is 5.32 Å².